The predicted octanol–water partition coefficient (Wildman–Crippen LogP) is 1.68. The zero-order valence-corrected chi connectivity index (χ0v) is 12.7. The summed E-state index contributed by atoms with van der Waals surface area (Å²) in [4.78, 5) is 23.1. The lowest BCUT2D eigenvalue weighted by atomic mass is 10.3. The van der Waals surface area contributed by atoms with Gasteiger partial charge in [-0.1, -0.05) is 0 Å². The number of nitrogens with one attached hydrogen (secondary N) is 1. The van der Waals surface area contributed by atoms with Crippen LogP contribution in [0.5, 0.6) is 0 Å². The van der Waals surface area contributed by atoms with Gasteiger partial charge in [0.2, 0.25) is 5.91 Å². The smallest absolute Gasteiger partial charge is 0.282 e. The minimum atomic E-state index is -0.253. The van der Waals surface area contributed by atoms with E-state index in [1.165, 1.54) is 10.9 Å². The standard InChI is InChI=1S/C10H13Br2N3O2/c1-6(2)14-8(16)3-4-15-10(17)9(12)7(11)5-13-15/h5-6H,3-4H2,1-2H3,(H,14,16). The summed E-state index contributed by atoms with van der Waals surface area (Å²) in [7, 11) is 0. The van der Waals surface area contributed by atoms with Gasteiger partial charge in [-0.2, -0.15) is 5.10 Å². The molecule has 0 radical (unpaired) electrons. The summed E-state index contributed by atoms with van der Waals surface area (Å²) in [6.07, 6.45) is 1.75. The number of carbonyl (C=O) groups is 1. The zero-order chi connectivity index (χ0) is 13.0. The minimum absolute atomic E-state index is 0.0901. The van der Waals surface area contributed by atoms with Crippen molar-refractivity contribution in [2.24, 2.45) is 0 Å². The summed E-state index contributed by atoms with van der Waals surface area (Å²) in [6, 6.07) is 0.101. The fourth-order valence-corrected chi connectivity index (χ4v) is 1.77. The van der Waals surface area contributed by atoms with Crippen LogP contribution in [0.3, 0.4) is 0 Å². The highest BCUT2D eigenvalue weighted by molar-refractivity contribution is 9.13. The second kappa shape index (κ2) is 6.30. The van der Waals surface area contributed by atoms with Crippen LogP contribution in [0.2, 0.25) is 0 Å². The summed E-state index contributed by atoms with van der Waals surface area (Å²) in [5, 5.41) is 6.69. The quantitative estimate of drug-likeness (QED) is 0.881. The van der Waals surface area contributed by atoms with Crippen molar-refractivity contribution in [1.29, 1.82) is 0 Å². The summed E-state index contributed by atoms with van der Waals surface area (Å²) >= 11 is 6.35. The summed E-state index contributed by atoms with van der Waals surface area (Å²) in [6.45, 7) is 4.04. The molecule has 1 amide bonds. The molecule has 0 saturated carbocycles. The number of nitrogens with zero attached hydrogens (tertiary/aromatic N) is 2. The van der Waals surface area contributed by atoms with E-state index in [2.05, 4.69) is 42.3 Å². The first-order valence-electron chi connectivity index (χ1n) is 5.12. The first-order chi connectivity index (χ1) is 7.91. The molecule has 0 spiro atoms. The number of hydrogen-bond acceptors (Lipinski definition) is 3. The monoisotopic (exact) mass is 365 g/mol. The van der Waals surface area contributed by atoms with Crippen LogP contribution in [0, 0.1) is 0 Å². The molecule has 0 aromatic carbocycles. The predicted molar refractivity (Wildman–Crippen MR) is 71.8 cm³/mol. The molecule has 0 fully saturated rings. The molecule has 1 aromatic heterocycles. The van der Waals surface area contributed by atoms with Crippen LogP contribution in [0.15, 0.2) is 19.9 Å². The topological polar surface area (TPSA) is 64.0 Å². The fraction of sp³-hybridized carbons (Fsp3) is 0.500. The van der Waals surface area contributed by atoms with Crippen LogP contribution < -0.4 is 10.9 Å². The maximum atomic E-state index is 11.7. The SMILES string of the molecule is CC(C)NC(=O)CCn1ncc(Br)c(Br)c1=O. The molecule has 0 aliphatic carbocycles. The van der Waals surface area contributed by atoms with Gasteiger partial charge in [-0.3, -0.25) is 9.59 Å². The highest BCUT2D eigenvalue weighted by Crippen LogP contribution is 2.16. The molecule has 1 rings (SSSR count). The highest BCUT2D eigenvalue weighted by Gasteiger charge is 2.08. The Labute approximate surface area is 116 Å². The van der Waals surface area contributed by atoms with Crippen LogP contribution in [-0.2, 0) is 11.3 Å². The van der Waals surface area contributed by atoms with E-state index in [-0.39, 0.29) is 30.5 Å². The zero-order valence-electron chi connectivity index (χ0n) is 9.54. The van der Waals surface area contributed by atoms with E-state index >= 15 is 0 Å². The second-order valence-corrected chi connectivity index (χ2v) is 5.45. The van der Waals surface area contributed by atoms with Gasteiger partial charge in [-0.15, -0.1) is 0 Å². The lowest BCUT2D eigenvalue weighted by Gasteiger charge is -2.09. The number of carbonyl (C=O) groups excluding carboxylic acids is 1. The average Bonchev–Trinajstić information content (AvgIpc) is 2.24. The van der Waals surface area contributed by atoms with Crippen LogP contribution in [0.4, 0.5) is 0 Å². The van der Waals surface area contributed by atoms with Crippen molar-refractivity contribution in [1.82, 2.24) is 15.1 Å². The maximum absolute atomic E-state index is 11.7. The Morgan fingerprint density at radius 1 is 1.53 bits per heavy atom. The fourth-order valence-electron chi connectivity index (χ4n) is 1.21. The first kappa shape index (κ1) is 14.4. The van der Waals surface area contributed by atoms with Gasteiger partial charge in [0.1, 0.15) is 4.47 Å². The van der Waals surface area contributed by atoms with Gasteiger partial charge >= 0.3 is 0 Å². The lowest BCUT2D eigenvalue weighted by Crippen LogP contribution is -2.32. The molecule has 1 aromatic rings. The molecule has 94 valence electrons. The first-order valence-corrected chi connectivity index (χ1v) is 6.71. The van der Waals surface area contributed by atoms with E-state index in [0.717, 1.165) is 0 Å². The van der Waals surface area contributed by atoms with E-state index in [4.69, 9.17) is 0 Å². The molecule has 1 N–H and O–H groups in total. The lowest BCUT2D eigenvalue weighted by molar-refractivity contribution is -0.121. The molecule has 0 aliphatic rings. The number of halogens is 2. The Morgan fingerprint density at radius 3 is 2.76 bits per heavy atom. The molecule has 1 heterocycles. The van der Waals surface area contributed by atoms with Gasteiger partial charge in [0.05, 0.1) is 17.2 Å². The third-order valence-electron chi connectivity index (χ3n) is 1.94. The second-order valence-electron chi connectivity index (χ2n) is 3.81. The van der Waals surface area contributed by atoms with Crippen molar-refractivity contribution >= 4 is 37.8 Å². The number of aromatic nitrogens is 2. The van der Waals surface area contributed by atoms with E-state index in [0.29, 0.717) is 8.95 Å². The average molecular weight is 367 g/mol. The van der Waals surface area contributed by atoms with Gasteiger partial charge in [0.25, 0.3) is 5.56 Å². The molecular weight excluding hydrogens is 354 g/mol. The van der Waals surface area contributed by atoms with Crippen LogP contribution in [-0.4, -0.2) is 21.7 Å². The van der Waals surface area contributed by atoms with Crippen molar-refractivity contribution in [3.63, 3.8) is 0 Å². The van der Waals surface area contributed by atoms with Crippen LogP contribution in [0.1, 0.15) is 20.3 Å². The largest absolute Gasteiger partial charge is 0.354 e. The van der Waals surface area contributed by atoms with Gasteiger partial charge in [0, 0.05) is 12.5 Å². The Morgan fingerprint density at radius 2 is 2.18 bits per heavy atom. The van der Waals surface area contributed by atoms with Gasteiger partial charge < -0.3 is 5.32 Å². The molecule has 17 heavy (non-hydrogen) atoms. The molecule has 0 aliphatic heterocycles. The van der Waals surface area contributed by atoms with Crippen molar-refractivity contribution < 1.29 is 4.79 Å². The number of rotatable bonds is 4. The number of amides is 1. The van der Waals surface area contributed by atoms with Crippen molar-refractivity contribution in [2.45, 2.75) is 32.9 Å². The molecule has 0 bridgehead atoms. The minimum Gasteiger partial charge on any atom is -0.354 e. The van der Waals surface area contributed by atoms with E-state index < -0.39 is 0 Å². The van der Waals surface area contributed by atoms with E-state index in [9.17, 15) is 9.59 Å². The normalized spacial score (nSPS) is 10.6. The Bertz CT molecular complexity index is 471. The Hall–Kier alpha value is -0.690. The summed E-state index contributed by atoms with van der Waals surface area (Å²) in [5.74, 6) is -0.0901. The van der Waals surface area contributed by atoms with Crippen molar-refractivity contribution in [2.75, 3.05) is 0 Å². The molecular formula is C10H13Br2N3O2. The van der Waals surface area contributed by atoms with Gasteiger partial charge in [-0.05, 0) is 45.7 Å². The molecule has 0 unspecified atom stereocenters. The Kier molecular flexibility index (Phi) is 5.32. The third-order valence-corrected chi connectivity index (χ3v) is 3.84. The molecule has 0 atom stereocenters. The van der Waals surface area contributed by atoms with E-state index in [1.54, 1.807) is 0 Å². The van der Waals surface area contributed by atoms with Crippen LogP contribution >= 0.6 is 31.9 Å². The number of aryl methyl sites for hydroxylation is 1. The van der Waals surface area contributed by atoms with E-state index in [1.807, 2.05) is 13.8 Å². The number of hydrogen-bond donors (Lipinski definition) is 1. The molecule has 5 nitrogen and oxygen atoms in total. The van der Waals surface area contributed by atoms with Crippen LogP contribution in [0.25, 0.3) is 0 Å². The van der Waals surface area contributed by atoms with Gasteiger partial charge in [-0.25, -0.2) is 4.68 Å². The third kappa shape index (κ3) is 4.23. The van der Waals surface area contributed by atoms with Crippen molar-refractivity contribution in [3.8, 4) is 0 Å². The maximum Gasteiger partial charge on any atom is 0.282 e. The molecule has 7 heteroatoms. The van der Waals surface area contributed by atoms with Crippen molar-refractivity contribution in [3.05, 3.63) is 25.5 Å². The Balaban J connectivity index is 2.68. The summed E-state index contributed by atoms with van der Waals surface area (Å²) < 4.78 is 2.27. The van der Waals surface area contributed by atoms with Gasteiger partial charge in [0.15, 0.2) is 0 Å². The summed E-state index contributed by atoms with van der Waals surface area (Å²) in [5.41, 5.74) is -0.253. The molecule has 0 saturated heterocycles. The highest BCUT2D eigenvalue weighted by atomic mass is 79.9.